The molecule has 0 N–H and O–H groups in total. The Morgan fingerprint density at radius 3 is 2.33 bits per heavy atom. The summed E-state index contributed by atoms with van der Waals surface area (Å²) in [7, 11) is 1.15. The third-order valence-electron chi connectivity index (χ3n) is 4.41. The second-order valence-corrected chi connectivity index (χ2v) is 6.67. The van der Waals surface area contributed by atoms with Gasteiger partial charge in [0, 0.05) is 17.7 Å². The molecule has 1 aliphatic carbocycles. The van der Waals surface area contributed by atoms with Gasteiger partial charge in [-0.15, -0.1) is 0 Å². The van der Waals surface area contributed by atoms with Crippen LogP contribution < -0.4 is 14.9 Å². The first kappa shape index (κ1) is 14.7. The van der Waals surface area contributed by atoms with Crippen molar-refractivity contribution >= 4 is 12.6 Å². The largest absolute Gasteiger partial charge is 0.500 e. The molecule has 1 aliphatic heterocycles. The molecule has 3 rings (SSSR count). The smallest absolute Gasteiger partial charge is 0.497 e. The van der Waals surface area contributed by atoms with Crippen LogP contribution in [-0.2, 0) is 9.31 Å². The van der Waals surface area contributed by atoms with Gasteiger partial charge in [-0.1, -0.05) is 0 Å². The molecule has 2 fully saturated rings. The van der Waals surface area contributed by atoms with Crippen molar-refractivity contribution in [2.24, 2.45) is 0 Å². The second kappa shape index (κ2) is 4.88. The predicted octanol–water partition coefficient (Wildman–Crippen LogP) is 1.93. The van der Waals surface area contributed by atoms with Crippen LogP contribution in [0, 0.1) is 0 Å². The maximum Gasteiger partial charge on any atom is 0.500 e. The molecule has 0 amide bonds. The first-order valence-corrected chi connectivity index (χ1v) is 7.38. The standard InChI is InChI=1S/C15H22BNO4/c1-14(2)15(3,4)21-16(20-14)11-9-17-13(8-12(11)18-5)19-10-6-7-10/h8-10H,6-7H2,1-5H3. The first-order chi connectivity index (χ1) is 9.82. The Labute approximate surface area is 126 Å². The number of pyridine rings is 1. The Bertz CT molecular complexity index is 526. The molecule has 1 aromatic rings. The van der Waals surface area contributed by atoms with Gasteiger partial charge in [-0.05, 0) is 40.5 Å². The molecule has 6 heteroatoms. The van der Waals surface area contributed by atoms with Crippen molar-refractivity contribution in [1.82, 2.24) is 4.98 Å². The molecule has 1 aromatic heterocycles. The number of hydrogen-bond acceptors (Lipinski definition) is 5. The summed E-state index contributed by atoms with van der Waals surface area (Å²) in [6.45, 7) is 8.10. The number of aromatic nitrogens is 1. The summed E-state index contributed by atoms with van der Waals surface area (Å²) < 4.78 is 23.2. The van der Waals surface area contributed by atoms with Crippen molar-refractivity contribution in [3.63, 3.8) is 0 Å². The lowest BCUT2D eigenvalue weighted by atomic mass is 9.79. The van der Waals surface area contributed by atoms with Crippen molar-refractivity contribution in [2.75, 3.05) is 7.11 Å². The highest BCUT2D eigenvalue weighted by Gasteiger charge is 2.52. The Kier molecular flexibility index (Phi) is 3.41. The van der Waals surface area contributed by atoms with E-state index in [1.165, 1.54) is 0 Å². The minimum Gasteiger partial charge on any atom is -0.497 e. The number of nitrogens with zero attached hydrogens (tertiary/aromatic N) is 1. The van der Waals surface area contributed by atoms with Crippen LogP contribution in [0.5, 0.6) is 11.6 Å². The Morgan fingerprint density at radius 1 is 1.19 bits per heavy atom. The summed E-state index contributed by atoms with van der Waals surface area (Å²) in [5.74, 6) is 1.27. The van der Waals surface area contributed by atoms with Gasteiger partial charge in [0.05, 0.1) is 18.3 Å². The Balaban J connectivity index is 1.85. The monoisotopic (exact) mass is 291 g/mol. The van der Waals surface area contributed by atoms with Crippen LogP contribution in [0.15, 0.2) is 12.3 Å². The molecule has 0 bridgehead atoms. The van der Waals surface area contributed by atoms with E-state index >= 15 is 0 Å². The van der Waals surface area contributed by atoms with Gasteiger partial charge < -0.3 is 18.8 Å². The molecule has 0 atom stereocenters. The van der Waals surface area contributed by atoms with Crippen molar-refractivity contribution in [2.45, 2.75) is 57.8 Å². The van der Waals surface area contributed by atoms with Gasteiger partial charge >= 0.3 is 7.12 Å². The maximum absolute atomic E-state index is 6.04. The Hall–Kier alpha value is -1.27. The van der Waals surface area contributed by atoms with E-state index in [2.05, 4.69) is 4.98 Å². The average Bonchev–Trinajstić information content (AvgIpc) is 3.17. The summed E-state index contributed by atoms with van der Waals surface area (Å²) in [6, 6.07) is 1.80. The fraction of sp³-hybridized carbons (Fsp3) is 0.667. The Morgan fingerprint density at radius 2 is 1.81 bits per heavy atom. The third kappa shape index (κ3) is 2.74. The SMILES string of the molecule is COc1cc(OC2CC2)ncc1B1OC(C)(C)C(C)(C)O1. The van der Waals surface area contributed by atoms with Crippen LogP contribution in [-0.4, -0.2) is 36.5 Å². The highest BCUT2D eigenvalue weighted by molar-refractivity contribution is 6.63. The van der Waals surface area contributed by atoms with Crippen molar-refractivity contribution in [3.05, 3.63) is 12.3 Å². The number of methoxy groups -OCH3 is 1. The van der Waals surface area contributed by atoms with Crippen molar-refractivity contribution in [3.8, 4) is 11.6 Å². The molecule has 21 heavy (non-hydrogen) atoms. The summed E-state index contributed by atoms with van der Waals surface area (Å²) >= 11 is 0. The minimum atomic E-state index is -0.479. The lowest BCUT2D eigenvalue weighted by Crippen LogP contribution is -2.41. The molecule has 0 aromatic carbocycles. The summed E-state index contributed by atoms with van der Waals surface area (Å²) in [5, 5.41) is 0. The second-order valence-electron chi connectivity index (χ2n) is 6.67. The van der Waals surface area contributed by atoms with Crippen LogP contribution >= 0.6 is 0 Å². The zero-order valence-corrected chi connectivity index (χ0v) is 13.3. The first-order valence-electron chi connectivity index (χ1n) is 7.38. The highest BCUT2D eigenvalue weighted by atomic mass is 16.7. The predicted molar refractivity (Wildman–Crippen MR) is 80.2 cm³/mol. The van der Waals surface area contributed by atoms with E-state index in [-0.39, 0.29) is 11.2 Å². The third-order valence-corrected chi connectivity index (χ3v) is 4.41. The van der Waals surface area contributed by atoms with Crippen LogP contribution in [0.1, 0.15) is 40.5 Å². The van der Waals surface area contributed by atoms with E-state index in [0.717, 1.165) is 18.3 Å². The summed E-state index contributed by atoms with van der Waals surface area (Å²) in [6.07, 6.45) is 4.23. The molecule has 0 spiro atoms. The van der Waals surface area contributed by atoms with E-state index in [0.29, 0.717) is 17.7 Å². The zero-order valence-electron chi connectivity index (χ0n) is 13.3. The quantitative estimate of drug-likeness (QED) is 0.793. The van der Waals surface area contributed by atoms with E-state index < -0.39 is 7.12 Å². The minimum absolute atomic E-state index is 0.310. The van der Waals surface area contributed by atoms with Crippen molar-refractivity contribution in [1.29, 1.82) is 0 Å². The van der Waals surface area contributed by atoms with Gasteiger partial charge in [0.2, 0.25) is 5.88 Å². The van der Waals surface area contributed by atoms with Gasteiger partial charge in [0.1, 0.15) is 11.9 Å². The topological polar surface area (TPSA) is 49.8 Å². The van der Waals surface area contributed by atoms with Crippen molar-refractivity contribution < 1.29 is 18.8 Å². The van der Waals surface area contributed by atoms with E-state index in [1.807, 2.05) is 27.7 Å². The van der Waals surface area contributed by atoms with Gasteiger partial charge in [0.15, 0.2) is 0 Å². The lowest BCUT2D eigenvalue weighted by Gasteiger charge is -2.32. The summed E-state index contributed by atoms with van der Waals surface area (Å²) in [4.78, 5) is 4.35. The van der Waals surface area contributed by atoms with Gasteiger partial charge in [-0.2, -0.15) is 0 Å². The fourth-order valence-electron chi connectivity index (χ4n) is 2.17. The molecule has 2 heterocycles. The molecule has 0 unspecified atom stereocenters. The van der Waals surface area contributed by atoms with Crippen LogP contribution in [0.4, 0.5) is 0 Å². The lowest BCUT2D eigenvalue weighted by molar-refractivity contribution is 0.00578. The van der Waals surface area contributed by atoms with Gasteiger partial charge in [0.25, 0.3) is 0 Å². The number of ether oxygens (including phenoxy) is 2. The van der Waals surface area contributed by atoms with Crippen LogP contribution in [0.2, 0.25) is 0 Å². The molecule has 1 saturated carbocycles. The molecule has 5 nitrogen and oxygen atoms in total. The van der Waals surface area contributed by atoms with Crippen LogP contribution in [0.25, 0.3) is 0 Å². The molecule has 1 saturated heterocycles. The number of hydrogen-bond donors (Lipinski definition) is 0. The molecular formula is C15H22BNO4. The normalized spacial score (nSPS) is 23.2. The summed E-state index contributed by atoms with van der Waals surface area (Å²) in [5.41, 5.74) is 0.0249. The molecule has 2 aliphatic rings. The molecular weight excluding hydrogens is 269 g/mol. The van der Waals surface area contributed by atoms with Crippen LogP contribution in [0.3, 0.4) is 0 Å². The molecule has 114 valence electrons. The average molecular weight is 291 g/mol. The number of rotatable bonds is 4. The zero-order chi connectivity index (χ0) is 15.3. The van der Waals surface area contributed by atoms with E-state index in [4.69, 9.17) is 18.8 Å². The van der Waals surface area contributed by atoms with E-state index in [1.54, 1.807) is 19.4 Å². The maximum atomic E-state index is 6.04. The highest BCUT2D eigenvalue weighted by Crippen LogP contribution is 2.37. The fourth-order valence-corrected chi connectivity index (χ4v) is 2.17. The molecule has 0 radical (unpaired) electrons. The van der Waals surface area contributed by atoms with Gasteiger partial charge in [-0.25, -0.2) is 4.98 Å². The van der Waals surface area contributed by atoms with E-state index in [9.17, 15) is 0 Å². The van der Waals surface area contributed by atoms with Gasteiger partial charge in [-0.3, -0.25) is 0 Å².